The molecule has 3 aliphatic carbocycles. The molecule has 0 radical (unpaired) electrons. The zero-order valence-electron chi connectivity index (χ0n) is 16.4. The highest BCUT2D eigenvalue weighted by atomic mass is 16.1. The fourth-order valence-corrected chi connectivity index (χ4v) is 6.00. The predicted octanol–water partition coefficient (Wildman–Crippen LogP) is 5.32. The standard InChI is InChI=1S/C24H28N2O/c1-15-8-4-5-9-18(15)23-21-16(2)25-26-19(21)12-17-13-24(10-6-3-7-11-24)14-20(27)22(17)23/h4-5,8-9,23H,3,6-7,10-14H2,1-2H3,(H,25,26). The zero-order valence-corrected chi connectivity index (χ0v) is 16.4. The van der Waals surface area contributed by atoms with Gasteiger partial charge in [-0.3, -0.25) is 9.89 Å². The van der Waals surface area contributed by atoms with E-state index in [1.807, 2.05) is 0 Å². The molecule has 0 saturated heterocycles. The average Bonchev–Trinajstić information content (AvgIpc) is 3.02. The molecule has 0 amide bonds. The Kier molecular flexibility index (Phi) is 3.89. The average molecular weight is 361 g/mol. The van der Waals surface area contributed by atoms with Crippen LogP contribution in [-0.4, -0.2) is 16.0 Å². The molecule has 1 fully saturated rings. The predicted molar refractivity (Wildman–Crippen MR) is 107 cm³/mol. The van der Waals surface area contributed by atoms with Crippen LogP contribution in [0.5, 0.6) is 0 Å². The summed E-state index contributed by atoms with van der Waals surface area (Å²) in [4.78, 5) is 13.6. The van der Waals surface area contributed by atoms with Gasteiger partial charge in [-0.2, -0.15) is 5.10 Å². The molecule has 140 valence electrons. The third-order valence-electron chi connectivity index (χ3n) is 7.25. The van der Waals surface area contributed by atoms with Gasteiger partial charge in [0.2, 0.25) is 0 Å². The number of H-pyrrole nitrogens is 1. The van der Waals surface area contributed by atoms with Crippen molar-refractivity contribution < 1.29 is 4.79 Å². The number of nitrogens with one attached hydrogen (secondary N) is 1. The van der Waals surface area contributed by atoms with Gasteiger partial charge in [-0.15, -0.1) is 0 Å². The minimum absolute atomic E-state index is 0.0529. The van der Waals surface area contributed by atoms with Crippen molar-refractivity contribution >= 4 is 5.78 Å². The molecule has 2 aromatic rings. The highest BCUT2D eigenvalue weighted by Gasteiger charge is 2.45. The lowest BCUT2D eigenvalue weighted by Crippen LogP contribution is -2.36. The van der Waals surface area contributed by atoms with Gasteiger partial charge in [0.15, 0.2) is 5.78 Å². The summed E-state index contributed by atoms with van der Waals surface area (Å²) >= 11 is 0. The van der Waals surface area contributed by atoms with Crippen LogP contribution in [0.3, 0.4) is 0 Å². The maximum Gasteiger partial charge on any atom is 0.160 e. The molecule has 1 atom stereocenters. The van der Waals surface area contributed by atoms with Crippen LogP contribution in [-0.2, 0) is 11.2 Å². The summed E-state index contributed by atoms with van der Waals surface area (Å²) in [5, 5.41) is 7.85. The molecule has 3 heteroatoms. The smallest absolute Gasteiger partial charge is 0.160 e. The molecule has 1 heterocycles. The molecule has 0 bridgehead atoms. The van der Waals surface area contributed by atoms with Crippen molar-refractivity contribution in [2.24, 2.45) is 5.41 Å². The molecule has 3 nitrogen and oxygen atoms in total. The first kappa shape index (κ1) is 17.0. The van der Waals surface area contributed by atoms with Crippen molar-refractivity contribution in [2.75, 3.05) is 0 Å². The second kappa shape index (κ2) is 6.19. The van der Waals surface area contributed by atoms with Crippen molar-refractivity contribution in [3.63, 3.8) is 0 Å². The first-order chi connectivity index (χ1) is 13.1. The van der Waals surface area contributed by atoms with E-state index in [1.165, 1.54) is 54.4 Å². The Bertz CT molecular complexity index is 943. The van der Waals surface area contributed by atoms with Crippen molar-refractivity contribution in [2.45, 2.75) is 71.1 Å². The molecular formula is C24H28N2O. The lowest BCUT2D eigenvalue weighted by molar-refractivity contribution is -0.119. The van der Waals surface area contributed by atoms with E-state index in [0.29, 0.717) is 5.78 Å². The van der Waals surface area contributed by atoms with Crippen LogP contribution < -0.4 is 0 Å². The third kappa shape index (κ3) is 2.62. The van der Waals surface area contributed by atoms with Gasteiger partial charge >= 0.3 is 0 Å². The number of carbonyl (C=O) groups excluding carboxylic acids is 1. The third-order valence-corrected chi connectivity index (χ3v) is 7.25. The monoisotopic (exact) mass is 360 g/mol. The van der Waals surface area contributed by atoms with Crippen molar-refractivity contribution in [1.82, 2.24) is 10.2 Å². The summed E-state index contributed by atoms with van der Waals surface area (Å²) in [5.41, 5.74) is 8.73. The number of carbonyl (C=O) groups is 1. The number of hydrogen-bond donors (Lipinski definition) is 1. The summed E-state index contributed by atoms with van der Waals surface area (Å²) in [6.07, 6.45) is 9.03. The molecule has 0 aliphatic heterocycles. The summed E-state index contributed by atoms with van der Waals surface area (Å²) in [7, 11) is 0. The van der Waals surface area contributed by atoms with Crippen LogP contribution in [0.4, 0.5) is 0 Å². The fourth-order valence-electron chi connectivity index (χ4n) is 6.00. The van der Waals surface area contributed by atoms with Crippen molar-refractivity contribution in [3.05, 3.63) is 63.5 Å². The molecule has 1 N–H and O–H groups in total. The normalized spacial score (nSPS) is 24.1. The number of benzene rings is 1. The Morgan fingerprint density at radius 3 is 2.63 bits per heavy atom. The molecule has 3 aliphatic rings. The lowest BCUT2D eigenvalue weighted by atomic mass is 9.59. The highest BCUT2D eigenvalue weighted by Crippen LogP contribution is 2.54. The van der Waals surface area contributed by atoms with Gasteiger partial charge in [0, 0.05) is 35.6 Å². The lowest BCUT2D eigenvalue weighted by Gasteiger charge is -2.44. The number of hydrogen-bond acceptors (Lipinski definition) is 2. The van der Waals surface area contributed by atoms with E-state index < -0.39 is 0 Å². The first-order valence-electron chi connectivity index (χ1n) is 10.4. The van der Waals surface area contributed by atoms with E-state index in [4.69, 9.17) is 0 Å². The van der Waals surface area contributed by atoms with E-state index >= 15 is 0 Å². The summed E-state index contributed by atoms with van der Waals surface area (Å²) in [5.74, 6) is 0.454. The summed E-state index contributed by atoms with van der Waals surface area (Å²) < 4.78 is 0. The van der Waals surface area contributed by atoms with Crippen LogP contribution in [0.25, 0.3) is 0 Å². The van der Waals surface area contributed by atoms with E-state index in [2.05, 4.69) is 48.3 Å². The maximum absolute atomic E-state index is 13.6. The largest absolute Gasteiger partial charge is 0.294 e. The van der Waals surface area contributed by atoms with Gasteiger partial charge in [-0.1, -0.05) is 49.1 Å². The van der Waals surface area contributed by atoms with Gasteiger partial charge in [-0.05, 0) is 49.7 Å². The number of aryl methyl sites for hydroxylation is 2. The molecule has 1 aromatic carbocycles. The molecular weight excluding hydrogens is 332 g/mol. The number of aromatic nitrogens is 2. The zero-order chi connectivity index (χ0) is 18.6. The second-order valence-electron chi connectivity index (χ2n) is 9.03. The van der Waals surface area contributed by atoms with Gasteiger partial charge < -0.3 is 0 Å². The van der Waals surface area contributed by atoms with E-state index in [0.717, 1.165) is 36.2 Å². The number of ketones is 1. The van der Waals surface area contributed by atoms with Gasteiger partial charge in [0.25, 0.3) is 0 Å². The molecule has 1 aromatic heterocycles. The molecule has 5 rings (SSSR count). The number of Topliss-reactive ketones (excluding diaryl/α,β-unsaturated/α-hetero) is 1. The fraction of sp³-hybridized carbons (Fsp3) is 0.500. The van der Waals surface area contributed by atoms with Crippen LogP contribution in [0.15, 0.2) is 35.4 Å². The Hall–Kier alpha value is -2.16. The van der Waals surface area contributed by atoms with Crippen LogP contribution >= 0.6 is 0 Å². The number of nitrogens with zero attached hydrogens (tertiary/aromatic N) is 1. The SMILES string of the molecule is Cc1ccccc1C1C2=C(Cc3n[nH]c(C)c31)CC1(CCCCC1)CC2=O. The van der Waals surface area contributed by atoms with Gasteiger partial charge in [0.05, 0.1) is 5.69 Å². The Labute approximate surface area is 161 Å². The van der Waals surface area contributed by atoms with E-state index in [-0.39, 0.29) is 11.3 Å². The number of rotatable bonds is 1. The number of aromatic amines is 1. The van der Waals surface area contributed by atoms with Crippen molar-refractivity contribution in [1.29, 1.82) is 0 Å². The Morgan fingerprint density at radius 1 is 1.07 bits per heavy atom. The molecule has 1 unspecified atom stereocenters. The van der Waals surface area contributed by atoms with Crippen molar-refractivity contribution in [3.8, 4) is 0 Å². The Balaban J connectivity index is 1.67. The van der Waals surface area contributed by atoms with Crippen LogP contribution in [0, 0.1) is 19.3 Å². The molecule has 1 saturated carbocycles. The van der Waals surface area contributed by atoms with Crippen LogP contribution in [0.2, 0.25) is 0 Å². The molecule has 1 spiro atoms. The maximum atomic E-state index is 13.6. The minimum Gasteiger partial charge on any atom is -0.294 e. The number of allylic oxidation sites excluding steroid dienone is 2. The molecule has 27 heavy (non-hydrogen) atoms. The van der Waals surface area contributed by atoms with E-state index in [9.17, 15) is 4.79 Å². The number of fused-ring (bicyclic) bond motifs is 1. The summed E-state index contributed by atoms with van der Waals surface area (Å²) in [6, 6.07) is 8.54. The second-order valence-corrected chi connectivity index (χ2v) is 9.03. The Morgan fingerprint density at radius 2 is 1.85 bits per heavy atom. The summed E-state index contributed by atoms with van der Waals surface area (Å²) in [6.45, 7) is 4.26. The van der Waals surface area contributed by atoms with Gasteiger partial charge in [0.1, 0.15) is 0 Å². The first-order valence-corrected chi connectivity index (χ1v) is 10.4. The highest BCUT2D eigenvalue weighted by molar-refractivity contribution is 6.00. The quantitative estimate of drug-likeness (QED) is 0.747. The topological polar surface area (TPSA) is 45.8 Å². The van der Waals surface area contributed by atoms with Gasteiger partial charge in [-0.25, -0.2) is 0 Å². The minimum atomic E-state index is 0.0529. The van der Waals surface area contributed by atoms with Crippen LogP contribution in [0.1, 0.15) is 78.9 Å². The van der Waals surface area contributed by atoms with E-state index in [1.54, 1.807) is 0 Å².